The van der Waals surface area contributed by atoms with Gasteiger partial charge in [-0.2, -0.15) is 0 Å². The second-order valence-corrected chi connectivity index (χ2v) is 5.98. The molecule has 1 aromatic rings. The fourth-order valence-electron chi connectivity index (χ4n) is 3.20. The molecule has 2 rings (SSSR count). The van der Waals surface area contributed by atoms with Gasteiger partial charge in [0.15, 0.2) is 0 Å². The number of nitrogens with two attached hydrogens (primary N) is 1. The Labute approximate surface area is 127 Å². The van der Waals surface area contributed by atoms with Gasteiger partial charge in [0.2, 0.25) is 5.91 Å². The van der Waals surface area contributed by atoms with Crippen molar-refractivity contribution in [1.29, 1.82) is 0 Å². The van der Waals surface area contributed by atoms with Crippen LogP contribution >= 0.6 is 0 Å². The number of carbonyl (C=O) groups is 1. The average molecular weight is 289 g/mol. The highest BCUT2D eigenvalue weighted by atomic mass is 16.2. The van der Waals surface area contributed by atoms with E-state index in [0.717, 1.165) is 31.1 Å². The SMILES string of the molecule is CCC1CCCN(CC(C(=O)NN)c2ccccc2)CC1. The van der Waals surface area contributed by atoms with Gasteiger partial charge in [-0.3, -0.25) is 10.2 Å². The van der Waals surface area contributed by atoms with Crippen LogP contribution in [0.2, 0.25) is 0 Å². The van der Waals surface area contributed by atoms with Gasteiger partial charge < -0.3 is 4.90 Å². The molecule has 0 spiro atoms. The Kier molecular flexibility index (Phi) is 6.21. The number of nitrogens with zero attached hydrogens (tertiary/aromatic N) is 1. The Morgan fingerprint density at radius 1 is 1.33 bits per heavy atom. The van der Waals surface area contributed by atoms with Gasteiger partial charge in [-0.25, -0.2) is 5.84 Å². The summed E-state index contributed by atoms with van der Waals surface area (Å²) in [5.41, 5.74) is 3.36. The lowest BCUT2D eigenvalue weighted by molar-refractivity contribution is -0.123. The van der Waals surface area contributed by atoms with Crippen LogP contribution in [0.25, 0.3) is 0 Å². The molecule has 0 aliphatic carbocycles. The highest BCUT2D eigenvalue weighted by Crippen LogP contribution is 2.23. The number of rotatable bonds is 5. The fourth-order valence-corrected chi connectivity index (χ4v) is 3.20. The third-order valence-electron chi connectivity index (χ3n) is 4.62. The quantitative estimate of drug-likeness (QED) is 0.497. The molecule has 0 saturated carbocycles. The molecule has 2 unspecified atom stereocenters. The fraction of sp³-hybridized carbons (Fsp3) is 0.588. The average Bonchev–Trinajstić information content (AvgIpc) is 2.77. The van der Waals surface area contributed by atoms with Crippen molar-refractivity contribution in [2.24, 2.45) is 11.8 Å². The zero-order chi connectivity index (χ0) is 15.1. The Morgan fingerprint density at radius 3 is 2.76 bits per heavy atom. The molecule has 1 aromatic carbocycles. The molecule has 1 aliphatic heterocycles. The van der Waals surface area contributed by atoms with Crippen LogP contribution in [0, 0.1) is 5.92 Å². The van der Waals surface area contributed by atoms with E-state index in [4.69, 9.17) is 5.84 Å². The van der Waals surface area contributed by atoms with E-state index in [1.807, 2.05) is 30.3 Å². The molecule has 1 fully saturated rings. The third kappa shape index (κ3) is 4.55. The van der Waals surface area contributed by atoms with Crippen LogP contribution in [0.15, 0.2) is 30.3 Å². The molecule has 1 amide bonds. The van der Waals surface area contributed by atoms with Crippen LogP contribution in [0.5, 0.6) is 0 Å². The zero-order valence-electron chi connectivity index (χ0n) is 12.9. The molecule has 0 radical (unpaired) electrons. The van der Waals surface area contributed by atoms with Gasteiger partial charge in [0.25, 0.3) is 0 Å². The highest BCUT2D eigenvalue weighted by molar-refractivity contribution is 5.83. The molecular weight excluding hydrogens is 262 g/mol. The Hall–Kier alpha value is -1.39. The molecule has 0 bridgehead atoms. The summed E-state index contributed by atoms with van der Waals surface area (Å²) in [7, 11) is 0. The molecule has 4 heteroatoms. The summed E-state index contributed by atoms with van der Waals surface area (Å²) in [6.07, 6.45) is 5.04. The Morgan fingerprint density at radius 2 is 2.10 bits per heavy atom. The second kappa shape index (κ2) is 8.15. The standard InChI is InChI=1S/C17H27N3O/c1-2-14-7-6-11-20(12-10-14)13-16(17(21)19-18)15-8-4-3-5-9-15/h3-5,8-9,14,16H,2,6-7,10-13,18H2,1H3,(H,19,21). The smallest absolute Gasteiger partial charge is 0.242 e. The van der Waals surface area contributed by atoms with Crippen LogP contribution < -0.4 is 11.3 Å². The van der Waals surface area contributed by atoms with E-state index < -0.39 is 0 Å². The maximum Gasteiger partial charge on any atom is 0.242 e. The summed E-state index contributed by atoms with van der Waals surface area (Å²) < 4.78 is 0. The van der Waals surface area contributed by atoms with E-state index in [0.29, 0.717) is 0 Å². The largest absolute Gasteiger partial charge is 0.302 e. The number of carbonyl (C=O) groups excluding carboxylic acids is 1. The van der Waals surface area contributed by atoms with Gasteiger partial charge in [0, 0.05) is 6.54 Å². The maximum absolute atomic E-state index is 12.1. The van der Waals surface area contributed by atoms with Crippen molar-refractivity contribution in [2.45, 2.75) is 38.5 Å². The predicted molar refractivity (Wildman–Crippen MR) is 85.6 cm³/mol. The van der Waals surface area contributed by atoms with Crippen molar-refractivity contribution in [3.63, 3.8) is 0 Å². The summed E-state index contributed by atoms with van der Waals surface area (Å²) in [5, 5.41) is 0. The van der Waals surface area contributed by atoms with Crippen LogP contribution in [0.1, 0.15) is 44.1 Å². The minimum absolute atomic E-state index is 0.0995. The number of benzene rings is 1. The molecule has 21 heavy (non-hydrogen) atoms. The van der Waals surface area contributed by atoms with Crippen molar-refractivity contribution >= 4 is 5.91 Å². The zero-order valence-corrected chi connectivity index (χ0v) is 12.9. The van der Waals surface area contributed by atoms with E-state index >= 15 is 0 Å². The molecule has 4 nitrogen and oxygen atoms in total. The first-order chi connectivity index (χ1) is 10.2. The number of amides is 1. The molecule has 1 aliphatic rings. The molecule has 1 heterocycles. The van der Waals surface area contributed by atoms with Crippen molar-refractivity contribution < 1.29 is 4.79 Å². The number of likely N-dealkylation sites (tertiary alicyclic amines) is 1. The summed E-state index contributed by atoms with van der Waals surface area (Å²) >= 11 is 0. The van der Waals surface area contributed by atoms with Crippen molar-refractivity contribution in [1.82, 2.24) is 10.3 Å². The van der Waals surface area contributed by atoms with E-state index in [1.165, 1.54) is 25.7 Å². The van der Waals surface area contributed by atoms with Crippen molar-refractivity contribution in [2.75, 3.05) is 19.6 Å². The Balaban J connectivity index is 2.03. The first kappa shape index (κ1) is 16.0. The van der Waals surface area contributed by atoms with Crippen LogP contribution in [0.3, 0.4) is 0 Å². The van der Waals surface area contributed by atoms with Crippen LogP contribution in [-0.4, -0.2) is 30.4 Å². The molecular formula is C17H27N3O. The first-order valence-electron chi connectivity index (χ1n) is 8.02. The van der Waals surface area contributed by atoms with E-state index in [1.54, 1.807) is 0 Å². The minimum atomic E-state index is -0.186. The first-order valence-corrected chi connectivity index (χ1v) is 8.02. The highest BCUT2D eigenvalue weighted by Gasteiger charge is 2.24. The summed E-state index contributed by atoms with van der Waals surface area (Å²) in [5.74, 6) is 5.93. The van der Waals surface area contributed by atoms with Crippen LogP contribution in [-0.2, 0) is 4.79 Å². The number of nitrogens with one attached hydrogen (secondary N) is 1. The second-order valence-electron chi connectivity index (χ2n) is 5.98. The summed E-state index contributed by atoms with van der Waals surface area (Å²) in [6.45, 7) is 5.19. The predicted octanol–water partition coefficient (Wildman–Crippen LogP) is 2.27. The molecule has 116 valence electrons. The lowest BCUT2D eigenvalue weighted by Gasteiger charge is -2.25. The van der Waals surface area contributed by atoms with Crippen LogP contribution in [0.4, 0.5) is 0 Å². The topological polar surface area (TPSA) is 58.4 Å². The number of hydrogen-bond donors (Lipinski definition) is 2. The van der Waals surface area contributed by atoms with E-state index in [2.05, 4.69) is 17.2 Å². The van der Waals surface area contributed by atoms with Crippen molar-refractivity contribution in [3.8, 4) is 0 Å². The van der Waals surface area contributed by atoms with E-state index in [-0.39, 0.29) is 11.8 Å². The lowest BCUT2D eigenvalue weighted by atomic mass is 9.97. The molecule has 2 atom stereocenters. The van der Waals surface area contributed by atoms with E-state index in [9.17, 15) is 4.79 Å². The summed E-state index contributed by atoms with van der Waals surface area (Å²) in [4.78, 5) is 14.5. The van der Waals surface area contributed by atoms with Gasteiger partial charge in [0.05, 0.1) is 5.92 Å². The number of hydrogen-bond acceptors (Lipinski definition) is 3. The lowest BCUT2D eigenvalue weighted by Crippen LogP contribution is -2.40. The minimum Gasteiger partial charge on any atom is -0.302 e. The number of hydrazine groups is 1. The normalized spacial score (nSPS) is 21.5. The maximum atomic E-state index is 12.1. The molecule has 0 aromatic heterocycles. The molecule has 1 saturated heterocycles. The van der Waals surface area contributed by atoms with Gasteiger partial charge in [-0.15, -0.1) is 0 Å². The van der Waals surface area contributed by atoms with Gasteiger partial charge in [-0.05, 0) is 43.8 Å². The molecule has 3 N–H and O–H groups in total. The van der Waals surface area contributed by atoms with Crippen molar-refractivity contribution in [3.05, 3.63) is 35.9 Å². The van der Waals surface area contributed by atoms with Gasteiger partial charge in [0.1, 0.15) is 0 Å². The summed E-state index contributed by atoms with van der Waals surface area (Å²) in [6, 6.07) is 9.93. The third-order valence-corrected chi connectivity index (χ3v) is 4.62. The Bertz CT molecular complexity index is 435. The van der Waals surface area contributed by atoms with Gasteiger partial charge in [-0.1, -0.05) is 43.7 Å². The monoisotopic (exact) mass is 289 g/mol. The van der Waals surface area contributed by atoms with Gasteiger partial charge >= 0.3 is 0 Å².